The molecule has 31 heavy (non-hydrogen) atoms. The summed E-state index contributed by atoms with van der Waals surface area (Å²) in [5, 5.41) is 0. The van der Waals surface area contributed by atoms with E-state index in [0.29, 0.717) is 6.61 Å². The van der Waals surface area contributed by atoms with Crippen molar-refractivity contribution in [2.45, 2.75) is 155 Å². The van der Waals surface area contributed by atoms with E-state index in [0.717, 1.165) is 19.3 Å². The lowest BCUT2D eigenvalue weighted by molar-refractivity contribution is -0.301. The molecule has 0 unspecified atom stereocenters. The van der Waals surface area contributed by atoms with Gasteiger partial charge in [-0.25, -0.2) is 4.79 Å². The number of rotatable bonds is 11. The second kappa shape index (κ2) is 12.4. The molecule has 3 atom stereocenters. The molecule has 5 nitrogen and oxygen atoms in total. The third kappa shape index (κ3) is 9.29. The van der Waals surface area contributed by atoms with E-state index in [1.54, 1.807) is 0 Å². The molecule has 2 rings (SSSR count). The van der Waals surface area contributed by atoms with Gasteiger partial charge in [0.25, 0.3) is 0 Å². The number of likely N-dealkylation sites (tertiary alicyclic amines) is 1. The number of amides is 1. The Bertz CT molecular complexity index is 528. The molecule has 2 saturated heterocycles. The average Bonchev–Trinajstić information content (AvgIpc) is 2.67. The Labute approximate surface area is 191 Å². The van der Waals surface area contributed by atoms with Crippen LogP contribution in [-0.4, -0.2) is 47.2 Å². The van der Waals surface area contributed by atoms with Crippen molar-refractivity contribution >= 4 is 6.09 Å². The van der Waals surface area contributed by atoms with Crippen LogP contribution in [0.15, 0.2) is 0 Å². The highest BCUT2D eigenvalue weighted by Gasteiger charge is 2.47. The van der Waals surface area contributed by atoms with Gasteiger partial charge in [0.1, 0.15) is 5.60 Å². The maximum Gasteiger partial charge on any atom is 0.410 e. The molecule has 0 aromatic heterocycles. The maximum absolute atomic E-state index is 13.1. The number of carbonyl (C=O) groups is 1. The van der Waals surface area contributed by atoms with Crippen LogP contribution in [-0.2, 0) is 14.2 Å². The molecule has 182 valence electrons. The number of nitrogens with zero attached hydrogens (tertiary/aromatic N) is 1. The first kappa shape index (κ1) is 26.4. The molecule has 0 N–H and O–H groups in total. The average molecular weight is 440 g/mol. The molecule has 0 spiro atoms. The van der Waals surface area contributed by atoms with E-state index >= 15 is 0 Å². The fourth-order valence-electron chi connectivity index (χ4n) is 4.90. The van der Waals surface area contributed by atoms with Crippen molar-refractivity contribution in [2.24, 2.45) is 0 Å². The van der Waals surface area contributed by atoms with Crippen molar-refractivity contribution in [2.75, 3.05) is 6.61 Å². The molecule has 5 heteroatoms. The number of carbonyl (C=O) groups excluding carboxylic acids is 1. The van der Waals surface area contributed by atoms with E-state index in [2.05, 4.69) is 6.92 Å². The standard InChI is InChI=1S/C26H49NO4/c1-7-8-9-10-11-12-13-14-15-16-17-21-18-19-23-22(20-29-26(5,6)30-23)27(21)24(28)31-25(2,3)4/h21-23H,7-20H2,1-6H3/t21-,22-,23+/m1/s1. The summed E-state index contributed by atoms with van der Waals surface area (Å²) >= 11 is 0. The predicted octanol–water partition coefficient (Wildman–Crippen LogP) is 7.22. The van der Waals surface area contributed by atoms with Crippen molar-refractivity contribution < 1.29 is 19.0 Å². The van der Waals surface area contributed by atoms with Crippen LogP contribution in [0.25, 0.3) is 0 Å². The van der Waals surface area contributed by atoms with E-state index < -0.39 is 11.4 Å². The van der Waals surface area contributed by atoms with Gasteiger partial charge in [0.2, 0.25) is 0 Å². The van der Waals surface area contributed by atoms with Gasteiger partial charge in [-0.2, -0.15) is 0 Å². The summed E-state index contributed by atoms with van der Waals surface area (Å²) < 4.78 is 17.9. The third-order valence-corrected chi connectivity index (χ3v) is 6.50. The van der Waals surface area contributed by atoms with E-state index in [1.165, 1.54) is 64.2 Å². The van der Waals surface area contributed by atoms with Crippen molar-refractivity contribution in [1.29, 1.82) is 0 Å². The van der Waals surface area contributed by atoms with Crippen LogP contribution in [0.5, 0.6) is 0 Å². The lowest BCUT2D eigenvalue weighted by atomic mass is 9.89. The van der Waals surface area contributed by atoms with E-state index in [1.807, 2.05) is 39.5 Å². The monoisotopic (exact) mass is 439 g/mol. The van der Waals surface area contributed by atoms with Crippen LogP contribution in [0.1, 0.15) is 125 Å². The molecule has 2 aliphatic heterocycles. The Balaban J connectivity index is 1.81. The van der Waals surface area contributed by atoms with E-state index in [4.69, 9.17) is 14.2 Å². The Morgan fingerprint density at radius 3 is 2.13 bits per heavy atom. The summed E-state index contributed by atoms with van der Waals surface area (Å²) in [6.45, 7) is 12.5. The molecule has 0 aliphatic carbocycles. The SMILES string of the molecule is CCCCCCCCCCCC[C@@H]1CC[C@@H]2OC(C)(C)OC[C@H]2N1C(=O)OC(C)(C)C. The molecular weight excluding hydrogens is 390 g/mol. The number of hydrogen-bond donors (Lipinski definition) is 0. The normalized spacial score (nSPS) is 25.9. The van der Waals surface area contributed by atoms with Crippen LogP contribution in [0.2, 0.25) is 0 Å². The summed E-state index contributed by atoms with van der Waals surface area (Å²) in [6, 6.07) is 0.170. The van der Waals surface area contributed by atoms with Crippen LogP contribution in [0.3, 0.4) is 0 Å². The molecule has 0 bridgehead atoms. The highest BCUT2D eigenvalue weighted by Crippen LogP contribution is 2.36. The zero-order valence-corrected chi connectivity index (χ0v) is 21.2. The van der Waals surface area contributed by atoms with Gasteiger partial charge in [0.15, 0.2) is 5.79 Å². The lowest BCUT2D eigenvalue weighted by Gasteiger charge is -2.51. The summed E-state index contributed by atoms with van der Waals surface area (Å²) in [6.07, 6.45) is 16.1. The minimum atomic E-state index is -0.579. The molecule has 2 fully saturated rings. The van der Waals surface area contributed by atoms with Gasteiger partial charge in [-0.05, 0) is 53.9 Å². The number of unbranched alkanes of at least 4 members (excludes halogenated alkanes) is 9. The molecule has 0 aromatic rings. The first-order valence-electron chi connectivity index (χ1n) is 13.0. The second-order valence-corrected chi connectivity index (χ2v) is 11.0. The van der Waals surface area contributed by atoms with Gasteiger partial charge in [-0.15, -0.1) is 0 Å². The summed E-state index contributed by atoms with van der Waals surface area (Å²) in [5.41, 5.74) is -0.499. The topological polar surface area (TPSA) is 48.0 Å². The largest absolute Gasteiger partial charge is 0.444 e. The maximum atomic E-state index is 13.1. The van der Waals surface area contributed by atoms with Gasteiger partial charge in [-0.1, -0.05) is 71.1 Å². The Morgan fingerprint density at radius 2 is 1.55 bits per heavy atom. The molecule has 0 radical (unpaired) electrons. The summed E-state index contributed by atoms with van der Waals surface area (Å²) in [5.74, 6) is -0.579. The van der Waals surface area contributed by atoms with Crippen molar-refractivity contribution in [3.05, 3.63) is 0 Å². The van der Waals surface area contributed by atoms with Crippen LogP contribution < -0.4 is 0 Å². The highest BCUT2D eigenvalue weighted by molar-refractivity contribution is 5.69. The lowest BCUT2D eigenvalue weighted by Crippen LogP contribution is -2.63. The fraction of sp³-hybridized carbons (Fsp3) is 0.962. The van der Waals surface area contributed by atoms with Crippen molar-refractivity contribution in [1.82, 2.24) is 4.90 Å². The van der Waals surface area contributed by atoms with E-state index in [9.17, 15) is 4.79 Å². The highest BCUT2D eigenvalue weighted by atomic mass is 16.7. The smallest absolute Gasteiger partial charge is 0.410 e. The molecular formula is C26H49NO4. The first-order chi connectivity index (χ1) is 14.6. The van der Waals surface area contributed by atoms with Gasteiger partial charge in [-0.3, -0.25) is 4.90 Å². The van der Waals surface area contributed by atoms with Gasteiger partial charge in [0.05, 0.1) is 18.8 Å². The van der Waals surface area contributed by atoms with Crippen molar-refractivity contribution in [3.63, 3.8) is 0 Å². The van der Waals surface area contributed by atoms with Crippen molar-refractivity contribution in [3.8, 4) is 0 Å². The van der Waals surface area contributed by atoms with Gasteiger partial charge >= 0.3 is 6.09 Å². The number of ether oxygens (including phenoxy) is 3. The quantitative estimate of drug-likeness (QED) is 0.319. The zero-order chi connectivity index (χ0) is 22.9. The Kier molecular flexibility index (Phi) is 10.6. The minimum Gasteiger partial charge on any atom is -0.444 e. The number of fused-ring (bicyclic) bond motifs is 1. The molecule has 2 heterocycles. The molecule has 1 amide bonds. The van der Waals surface area contributed by atoms with Crippen LogP contribution in [0.4, 0.5) is 4.79 Å². The van der Waals surface area contributed by atoms with Gasteiger partial charge < -0.3 is 14.2 Å². The van der Waals surface area contributed by atoms with Gasteiger partial charge in [0, 0.05) is 6.04 Å². The van der Waals surface area contributed by atoms with Crippen LogP contribution in [0, 0.1) is 0 Å². The third-order valence-electron chi connectivity index (χ3n) is 6.50. The first-order valence-corrected chi connectivity index (χ1v) is 13.0. The zero-order valence-electron chi connectivity index (χ0n) is 21.2. The fourth-order valence-corrected chi connectivity index (χ4v) is 4.90. The number of hydrogen-bond acceptors (Lipinski definition) is 4. The Morgan fingerprint density at radius 1 is 0.968 bits per heavy atom. The predicted molar refractivity (Wildman–Crippen MR) is 126 cm³/mol. The number of piperidine rings is 1. The van der Waals surface area contributed by atoms with Crippen LogP contribution >= 0.6 is 0 Å². The summed E-state index contributed by atoms with van der Waals surface area (Å²) in [7, 11) is 0. The second-order valence-electron chi connectivity index (χ2n) is 11.0. The molecule has 2 aliphatic rings. The molecule has 0 saturated carbocycles. The summed E-state index contributed by atoms with van der Waals surface area (Å²) in [4.78, 5) is 15.1. The van der Waals surface area contributed by atoms with E-state index in [-0.39, 0.29) is 24.3 Å². The molecule has 0 aromatic carbocycles. The minimum absolute atomic E-state index is 0.0280. The Hall–Kier alpha value is -0.810.